The number of hydrogen-bond acceptors (Lipinski definition) is 6. The summed E-state index contributed by atoms with van der Waals surface area (Å²) in [6.45, 7) is 0.419. The first kappa shape index (κ1) is 23.4. The van der Waals surface area contributed by atoms with Gasteiger partial charge in [-0.2, -0.15) is 4.79 Å². The fourth-order valence-electron chi connectivity index (χ4n) is 3.45. The Labute approximate surface area is 177 Å². The van der Waals surface area contributed by atoms with Crippen molar-refractivity contribution in [3.8, 4) is 0 Å². The summed E-state index contributed by atoms with van der Waals surface area (Å²) in [5, 5.41) is 5.29. The third-order valence-corrected chi connectivity index (χ3v) is 4.90. The summed E-state index contributed by atoms with van der Waals surface area (Å²) in [5.74, 6) is -1.51. The standard InChI is InChI=1S/C16H22N6O4.C2H2N2O/c17-14(24)12-2-1-5-22(12)16(26)11(6-9-7-18-8-19-9)21-15(25)10-3-4-13(23)20-10;3-4-1-2-5/h7-8,10-12H,1-6H2,(H2,17,24)(H,18,19)(H,20,23)(H,21,25);1-2H/t10-,11-,12-;/m0./s1. The maximum atomic E-state index is 13.0. The Kier molecular flexibility index (Phi) is 8.58. The number of H-pyrrole nitrogens is 1. The maximum absolute atomic E-state index is 13.0. The van der Waals surface area contributed by atoms with E-state index in [2.05, 4.69) is 25.4 Å². The number of imidazole rings is 1. The summed E-state index contributed by atoms with van der Waals surface area (Å²) < 4.78 is 0. The predicted molar refractivity (Wildman–Crippen MR) is 105 cm³/mol. The lowest BCUT2D eigenvalue weighted by Gasteiger charge is -2.28. The van der Waals surface area contributed by atoms with Gasteiger partial charge in [-0.25, -0.2) is 4.98 Å². The van der Waals surface area contributed by atoms with E-state index in [-0.39, 0.29) is 24.7 Å². The van der Waals surface area contributed by atoms with Gasteiger partial charge in [0.05, 0.1) is 6.33 Å². The second-order valence-corrected chi connectivity index (χ2v) is 6.99. The average molecular weight is 432 g/mol. The zero-order chi connectivity index (χ0) is 22.8. The third-order valence-electron chi connectivity index (χ3n) is 4.90. The molecule has 2 fully saturated rings. The van der Waals surface area contributed by atoms with Crippen LogP contribution >= 0.6 is 0 Å². The Morgan fingerprint density at radius 2 is 2.19 bits per heavy atom. The third kappa shape index (κ3) is 6.57. The van der Waals surface area contributed by atoms with Crippen LogP contribution < -0.4 is 16.4 Å². The molecule has 0 aromatic carbocycles. The van der Waals surface area contributed by atoms with Crippen LogP contribution in [-0.4, -0.2) is 80.5 Å². The molecule has 13 nitrogen and oxygen atoms in total. The maximum Gasteiger partial charge on any atom is 0.319 e. The number of amides is 4. The Morgan fingerprint density at radius 3 is 2.71 bits per heavy atom. The summed E-state index contributed by atoms with van der Waals surface area (Å²) in [6, 6.07) is -2.18. The molecule has 2 saturated heterocycles. The number of hydrogen-bond donors (Lipinski definition) is 4. The second kappa shape index (κ2) is 11.4. The minimum absolute atomic E-state index is 0.185. The van der Waals surface area contributed by atoms with E-state index in [1.807, 2.05) is 0 Å². The number of nitrogens with zero attached hydrogens (tertiary/aromatic N) is 4. The van der Waals surface area contributed by atoms with Gasteiger partial charge < -0.3 is 31.8 Å². The molecule has 0 spiro atoms. The minimum Gasteiger partial charge on any atom is -0.368 e. The normalized spacial score (nSPS) is 20.5. The van der Waals surface area contributed by atoms with E-state index in [4.69, 9.17) is 16.1 Å². The number of carbonyl (C=O) groups excluding carboxylic acids is 5. The first-order chi connectivity index (χ1) is 14.9. The van der Waals surface area contributed by atoms with Crippen molar-refractivity contribution in [2.45, 2.75) is 50.2 Å². The first-order valence-corrected chi connectivity index (χ1v) is 9.65. The summed E-state index contributed by atoms with van der Waals surface area (Å²) in [4.78, 5) is 68.1. The highest BCUT2D eigenvalue weighted by Crippen LogP contribution is 2.19. The van der Waals surface area contributed by atoms with E-state index in [0.29, 0.717) is 37.8 Å². The highest BCUT2D eigenvalue weighted by Gasteiger charge is 2.38. The van der Waals surface area contributed by atoms with Gasteiger partial charge in [-0.3, -0.25) is 24.0 Å². The Hall–Kier alpha value is -3.86. The lowest BCUT2D eigenvalue weighted by atomic mass is 10.1. The van der Waals surface area contributed by atoms with E-state index in [1.54, 1.807) is 6.20 Å². The molecule has 166 valence electrons. The molecule has 2 aliphatic heterocycles. The van der Waals surface area contributed by atoms with E-state index < -0.39 is 29.9 Å². The van der Waals surface area contributed by atoms with E-state index in [1.165, 1.54) is 11.2 Å². The lowest BCUT2D eigenvalue weighted by Crippen LogP contribution is -2.56. The smallest absolute Gasteiger partial charge is 0.319 e. The Bertz CT molecular complexity index is 864. The van der Waals surface area contributed by atoms with Crippen molar-refractivity contribution in [2.24, 2.45) is 5.73 Å². The quantitative estimate of drug-likeness (QED) is 0.161. The molecule has 3 heterocycles. The van der Waals surface area contributed by atoms with Gasteiger partial charge >= 0.3 is 6.21 Å². The van der Waals surface area contributed by atoms with Crippen molar-refractivity contribution in [2.75, 3.05) is 6.54 Å². The molecule has 0 radical (unpaired) electrons. The Morgan fingerprint density at radius 1 is 1.42 bits per heavy atom. The number of carbonyl (C=O) groups is 5. The van der Waals surface area contributed by atoms with Crippen molar-refractivity contribution in [3.05, 3.63) is 23.7 Å². The van der Waals surface area contributed by atoms with Gasteiger partial charge in [-0.15, -0.1) is 0 Å². The average Bonchev–Trinajstić information content (AvgIpc) is 3.49. The number of nitrogens with two attached hydrogens (primary N) is 1. The highest BCUT2D eigenvalue weighted by molar-refractivity contribution is 6.09. The molecule has 0 unspecified atom stereocenters. The number of primary amides is 1. The van der Waals surface area contributed by atoms with Crippen molar-refractivity contribution >= 4 is 36.1 Å². The number of aromatic amines is 1. The minimum atomic E-state index is -0.875. The number of aldehydes is 1. The largest absolute Gasteiger partial charge is 0.368 e. The molecule has 3 atom stereocenters. The van der Waals surface area contributed by atoms with Crippen LogP contribution in [0.15, 0.2) is 12.5 Å². The van der Waals surface area contributed by atoms with Gasteiger partial charge in [0.1, 0.15) is 18.1 Å². The van der Waals surface area contributed by atoms with Crippen LogP contribution in [0.4, 0.5) is 0 Å². The van der Waals surface area contributed by atoms with Gasteiger partial charge in [-0.05, 0) is 19.3 Å². The summed E-state index contributed by atoms with van der Waals surface area (Å²) in [5.41, 5.74) is 13.5. The van der Waals surface area contributed by atoms with Crippen LogP contribution in [0.1, 0.15) is 31.4 Å². The topological polar surface area (TPSA) is 204 Å². The van der Waals surface area contributed by atoms with Gasteiger partial charge in [0, 0.05) is 31.3 Å². The van der Waals surface area contributed by atoms with Crippen molar-refractivity contribution < 1.29 is 28.8 Å². The van der Waals surface area contributed by atoms with Crippen LogP contribution in [0.25, 0.3) is 5.53 Å². The molecule has 0 aliphatic carbocycles. The van der Waals surface area contributed by atoms with E-state index in [0.717, 1.165) is 6.21 Å². The number of likely N-dealkylation sites (tertiary alicyclic amines) is 1. The molecule has 1 aromatic rings. The van der Waals surface area contributed by atoms with Crippen LogP contribution in [-0.2, 0) is 30.4 Å². The highest BCUT2D eigenvalue weighted by atomic mass is 16.2. The molecular formula is C18H24N8O5. The van der Waals surface area contributed by atoms with E-state index in [9.17, 15) is 19.2 Å². The van der Waals surface area contributed by atoms with Crippen molar-refractivity contribution in [3.63, 3.8) is 0 Å². The Balaban J connectivity index is 0.000000614. The second-order valence-electron chi connectivity index (χ2n) is 6.99. The van der Waals surface area contributed by atoms with Crippen molar-refractivity contribution in [1.82, 2.24) is 25.5 Å². The molecule has 0 saturated carbocycles. The summed E-state index contributed by atoms with van der Waals surface area (Å²) in [7, 11) is 0. The van der Waals surface area contributed by atoms with Crippen LogP contribution in [0.2, 0.25) is 0 Å². The van der Waals surface area contributed by atoms with Crippen LogP contribution in [0.5, 0.6) is 0 Å². The fourth-order valence-corrected chi connectivity index (χ4v) is 3.45. The molecule has 1 aromatic heterocycles. The zero-order valence-corrected chi connectivity index (χ0v) is 16.7. The number of aromatic nitrogens is 2. The van der Waals surface area contributed by atoms with Crippen molar-refractivity contribution in [1.29, 1.82) is 0 Å². The molecule has 4 amide bonds. The predicted octanol–water partition coefficient (Wildman–Crippen LogP) is -2.32. The van der Waals surface area contributed by atoms with Gasteiger partial charge in [0.15, 0.2) is 0 Å². The first-order valence-electron chi connectivity index (χ1n) is 9.65. The molecule has 13 heteroatoms. The molecule has 0 bridgehead atoms. The molecular weight excluding hydrogens is 408 g/mol. The fraction of sp³-hybridized carbons (Fsp3) is 0.500. The monoisotopic (exact) mass is 432 g/mol. The van der Waals surface area contributed by atoms with Gasteiger partial charge in [-0.1, -0.05) is 0 Å². The SMILES string of the molecule is NC(=O)[C@@H]1CCCN1C(=O)[C@H](Cc1cnc[nH]1)NC(=O)[C@@H]1CCC(=O)N1.[N-]=[N+]=CC=O. The molecule has 5 N–H and O–H groups in total. The van der Waals surface area contributed by atoms with Crippen LogP contribution in [0.3, 0.4) is 0 Å². The van der Waals surface area contributed by atoms with Gasteiger partial charge in [0.25, 0.3) is 0 Å². The zero-order valence-electron chi connectivity index (χ0n) is 16.7. The molecule has 2 aliphatic rings. The number of rotatable bonds is 7. The van der Waals surface area contributed by atoms with E-state index >= 15 is 0 Å². The number of nitrogens with one attached hydrogen (secondary N) is 3. The summed E-state index contributed by atoms with van der Waals surface area (Å²) in [6.07, 6.45) is 6.27. The molecule has 31 heavy (non-hydrogen) atoms. The lowest BCUT2D eigenvalue weighted by molar-refractivity contribution is -0.140. The van der Waals surface area contributed by atoms with Crippen LogP contribution in [0, 0.1) is 0 Å². The summed E-state index contributed by atoms with van der Waals surface area (Å²) >= 11 is 0. The molecule has 3 rings (SSSR count). The van der Waals surface area contributed by atoms with Gasteiger partial charge in [0.2, 0.25) is 29.9 Å².